The standard InChI is InChI=1S/C13H14N6S/c1-2-14-10-5-3-4-9(19-10)6-20-13-11-12(16-7-15-11)17-8-18-13/h3-5,7-8H,2,6H2,1H3,(H,14,19)(H,15,16,17,18). The van der Waals surface area contributed by atoms with E-state index in [9.17, 15) is 0 Å². The van der Waals surface area contributed by atoms with E-state index in [0.717, 1.165) is 34.4 Å². The van der Waals surface area contributed by atoms with Crippen molar-refractivity contribution < 1.29 is 0 Å². The van der Waals surface area contributed by atoms with Crippen molar-refractivity contribution in [2.75, 3.05) is 11.9 Å². The smallest absolute Gasteiger partial charge is 0.181 e. The predicted molar refractivity (Wildman–Crippen MR) is 79.6 cm³/mol. The number of hydrogen-bond donors (Lipinski definition) is 2. The van der Waals surface area contributed by atoms with Crippen molar-refractivity contribution in [3.63, 3.8) is 0 Å². The molecule has 0 saturated carbocycles. The van der Waals surface area contributed by atoms with E-state index in [1.807, 2.05) is 18.2 Å². The van der Waals surface area contributed by atoms with Crippen LogP contribution in [0.2, 0.25) is 0 Å². The van der Waals surface area contributed by atoms with Gasteiger partial charge in [-0.15, -0.1) is 0 Å². The quantitative estimate of drug-likeness (QED) is 0.554. The normalized spacial score (nSPS) is 10.8. The summed E-state index contributed by atoms with van der Waals surface area (Å²) in [5.41, 5.74) is 2.58. The Morgan fingerprint density at radius 2 is 2.20 bits per heavy atom. The second-order valence-electron chi connectivity index (χ2n) is 4.11. The minimum atomic E-state index is 0.692. The highest BCUT2D eigenvalue weighted by Gasteiger charge is 2.07. The monoisotopic (exact) mass is 286 g/mol. The molecule has 0 saturated heterocycles. The second-order valence-corrected chi connectivity index (χ2v) is 5.08. The van der Waals surface area contributed by atoms with Gasteiger partial charge in [0.15, 0.2) is 5.65 Å². The third-order valence-corrected chi connectivity index (χ3v) is 3.73. The molecule has 3 aromatic heterocycles. The van der Waals surface area contributed by atoms with Crippen molar-refractivity contribution in [1.29, 1.82) is 0 Å². The van der Waals surface area contributed by atoms with Crippen molar-refractivity contribution in [2.45, 2.75) is 17.7 Å². The van der Waals surface area contributed by atoms with Crippen LogP contribution in [0.5, 0.6) is 0 Å². The Kier molecular flexibility index (Phi) is 3.78. The molecule has 3 rings (SSSR count). The number of H-pyrrole nitrogens is 1. The van der Waals surface area contributed by atoms with Crippen LogP contribution >= 0.6 is 11.8 Å². The van der Waals surface area contributed by atoms with Crippen molar-refractivity contribution >= 4 is 28.7 Å². The first kappa shape index (κ1) is 12.9. The zero-order valence-electron chi connectivity index (χ0n) is 11.0. The van der Waals surface area contributed by atoms with Crippen LogP contribution in [0, 0.1) is 0 Å². The first-order valence-corrected chi connectivity index (χ1v) is 7.32. The Balaban J connectivity index is 1.76. The first-order valence-electron chi connectivity index (χ1n) is 6.33. The van der Waals surface area contributed by atoms with Gasteiger partial charge < -0.3 is 10.3 Å². The Morgan fingerprint density at radius 3 is 3.10 bits per heavy atom. The van der Waals surface area contributed by atoms with Gasteiger partial charge in [0.2, 0.25) is 0 Å². The maximum absolute atomic E-state index is 4.54. The zero-order valence-corrected chi connectivity index (χ0v) is 11.8. The minimum absolute atomic E-state index is 0.692. The molecule has 3 aromatic rings. The lowest BCUT2D eigenvalue weighted by atomic mass is 10.4. The van der Waals surface area contributed by atoms with Gasteiger partial charge in [-0.3, -0.25) is 0 Å². The summed E-state index contributed by atoms with van der Waals surface area (Å²) in [5, 5.41) is 4.10. The van der Waals surface area contributed by atoms with Gasteiger partial charge in [-0.1, -0.05) is 17.8 Å². The molecule has 102 valence electrons. The van der Waals surface area contributed by atoms with Gasteiger partial charge in [-0.2, -0.15) is 0 Å². The van der Waals surface area contributed by atoms with Gasteiger partial charge in [-0.25, -0.2) is 19.9 Å². The summed E-state index contributed by atoms with van der Waals surface area (Å²) in [4.78, 5) is 20.1. The maximum atomic E-state index is 4.54. The Morgan fingerprint density at radius 1 is 1.25 bits per heavy atom. The summed E-state index contributed by atoms with van der Waals surface area (Å²) in [6, 6.07) is 5.99. The summed E-state index contributed by atoms with van der Waals surface area (Å²) in [6.45, 7) is 2.92. The van der Waals surface area contributed by atoms with E-state index >= 15 is 0 Å². The number of imidazole rings is 1. The van der Waals surface area contributed by atoms with Gasteiger partial charge in [0.05, 0.1) is 12.0 Å². The molecule has 0 radical (unpaired) electrons. The number of fused-ring (bicyclic) bond motifs is 1. The molecule has 0 fully saturated rings. The molecule has 0 amide bonds. The average Bonchev–Trinajstić information content (AvgIpc) is 2.95. The van der Waals surface area contributed by atoms with Gasteiger partial charge >= 0.3 is 0 Å². The topological polar surface area (TPSA) is 79.4 Å². The number of thioether (sulfide) groups is 1. The van der Waals surface area contributed by atoms with E-state index in [1.54, 1.807) is 18.1 Å². The Labute approximate surface area is 120 Å². The molecule has 0 bridgehead atoms. The Bertz CT molecular complexity index is 711. The van der Waals surface area contributed by atoms with Crippen molar-refractivity contribution in [2.24, 2.45) is 0 Å². The summed E-state index contributed by atoms with van der Waals surface area (Å²) in [7, 11) is 0. The van der Waals surface area contributed by atoms with Crippen molar-refractivity contribution in [3.05, 3.63) is 36.5 Å². The molecule has 0 aliphatic rings. The number of hydrogen-bond acceptors (Lipinski definition) is 6. The molecule has 2 N–H and O–H groups in total. The minimum Gasteiger partial charge on any atom is -0.370 e. The summed E-state index contributed by atoms with van der Waals surface area (Å²) in [5.74, 6) is 1.66. The van der Waals surface area contributed by atoms with E-state index in [2.05, 4.69) is 37.2 Å². The first-order chi connectivity index (χ1) is 9.86. The van der Waals surface area contributed by atoms with E-state index < -0.39 is 0 Å². The zero-order chi connectivity index (χ0) is 13.8. The Hall–Kier alpha value is -2.15. The van der Waals surface area contributed by atoms with E-state index in [1.165, 1.54) is 6.33 Å². The lowest BCUT2D eigenvalue weighted by molar-refractivity contribution is 1.08. The van der Waals surface area contributed by atoms with E-state index in [0.29, 0.717) is 5.65 Å². The van der Waals surface area contributed by atoms with Gasteiger partial charge in [-0.05, 0) is 19.1 Å². The highest BCUT2D eigenvalue weighted by atomic mass is 32.2. The SMILES string of the molecule is CCNc1cccc(CSc2ncnc3nc[nH]c23)n1. The number of pyridine rings is 1. The maximum Gasteiger partial charge on any atom is 0.181 e. The van der Waals surface area contributed by atoms with Crippen molar-refractivity contribution in [1.82, 2.24) is 24.9 Å². The summed E-state index contributed by atoms with van der Waals surface area (Å²) >= 11 is 1.62. The molecule has 7 heteroatoms. The van der Waals surface area contributed by atoms with E-state index in [-0.39, 0.29) is 0 Å². The fraction of sp³-hybridized carbons (Fsp3) is 0.231. The van der Waals surface area contributed by atoms with Crippen molar-refractivity contribution in [3.8, 4) is 0 Å². The second kappa shape index (κ2) is 5.87. The number of rotatable bonds is 5. The number of aromatic nitrogens is 5. The van der Waals surface area contributed by atoms with Crippen LogP contribution in [0.3, 0.4) is 0 Å². The third kappa shape index (κ3) is 2.72. The average molecular weight is 286 g/mol. The van der Waals surface area contributed by atoms with Crippen LogP contribution < -0.4 is 5.32 Å². The van der Waals surface area contributed by atoms with E-state index in [4.69, 9.17) is 0 Å². The van der Waals surface area contributed by atoms with Crippen LogP contribution in [0.15, 0.2) is 35.9 Å². The van der Waals surface area contributed by atoms with Gasteiger partial charge in [0.1, 0.15) is 22.7 Å². The highest BCUT2D eigenvalue weighted by molar-refractivity contribution is 7.98. The molecule has 6 nitrogen and oxygen atoms in total. The lowest BCUT2D eigenvalue weighted by Crippen LogP contribution is -2.00. The number of nitrogens with one attached hydrogen (secondary N) is 2. The largest absolute Gasteiger partial charge is 0.370 e. The van der Waals surface area contributed by atoms with Gasteiger partial charge in [0, 0.05) is 12.3 Å². The number of aromatic amines is 1. The van der Waals surface area contributed by atoms with Gasteiger partial charge in [0.25, 0.3) is 0 Å². The molecule has 0 atom stereocenters. The van der Waals surface area contributed by atoms with Crippen LogP contribution in [0.4, 0.5) is 5.82 Å². The molecular weight excluding hydrogens is 272 g/mol. The molecule has 0 spiro atoms. The fourth-order valence-corrected chi connectivity index (χ4v) is 2.70. The van der Waals surface area contributed by atoms with Crippen LogP contribution in [-0.2, 0) is 5.75 Å². The molecule has 0 aliphatic heterocycles. The predicted octanol–water partition coefficient (Wildman–Crippen LogP) is 2.47. The van der Waals surface area contributed by atoms with Crippen LogP contribution in [-0.4, -0.2) is 31.5 Å². The molecule has 20 heavy (non-hydrogen) atoms. The lowest BCUT2D eigenvalue weighted by Gasteiger charge is -2.05. The molecule has 3 heterocycles. The number of nitrogens with zero attached hydrogens (tertiary/aromatic N) is 4. The highest BCUT2D eigenvalue weighted by Crippen LogP contribution is 2.25. The fourth-order valence-electron chi connectivity index (χ4n) is 1.83. The van der Waals surface area contributed by atoms with Crippen LogP contribution in [0.1, 0.15) is 12.6 Å². The summed E-state index contributed by atoms with van der Waals surface area (Å²) in [6.07, 6.45) is 3.17. The molecule has 0 unspecified atom stereocenters. The number of anilines is 1. The molecule has 0 aliphatic carbocycles. The summed E-state index contributed by atoms with van der Waals surface area (Å²) < 4.78 is 0. The molecular formula is C13H14N6S. The van der Waals surface area contributed by atoms with Crippen LogP contribution in [0.25, 0.3) is 11.2 Å². The third-order valence-electron chi connectivity index (χ3n) is 2.71. The molecule has 0 aromatic carbocycles.